The molecule has 0 aromatic carbocycles. The van der Waals surface area contributed by atoms with Gasteiger partial charge < -0.3 is 15.1 Å². The predicted molar refractivity (Wildman–Crippen MR) is 113 cm³/mol. The summed E-state index contributed by atoms with van der Waals surface area (Å²) in [5.74, 6) is 2.21. The highest BCUT2D eigenvalue weighted by Gasteiger charge is 2.32. The molecule has 1 aromatic rings. The van der Waals surface area contributed by atoms with Crippen LogP contribution in [0.5, 0.6) is 0 Å². The van der Waals surface area contributed by atoms with Crippen molar-refractivity contribution in [3.05, 3.63) is 17.6 Å². The monoisotopic (exact) mass is 401 g/mol. The molecule has 2 amide bonds. The van der Waals surface area contributed by atoms with Gasteiger partial charge in [-0.2, -0.15) is 0 Å². The molecule has 29 heavy (non-hydrogen) atoms. The van der Waals surface area contributed by atoms with Gasteiger partial charge in [0.05, 0.1) is 18.3 Å². The largest absolute Gasteiger partial charge is 0.373 e. The smallest absolute Gasteiger partial charge is 0.223 e. The van der Waals surface area contributed by atoms with Crippen LogP contribution in [-0.4, -0.2) is 52.2 Å². The number of aromatic nitrogens is 2. The summed E-state index contributed by atoms with van der Waals surface area (Å²) in [6.07, 6.45) is 9.83. The van der Waals surface area contributed by atoms with Gasteiger partial charge in [0.1, 0.15) is 5.82 Å². The standard InChI is InChI=1S/C22H35N5O2/c1-16(28)26(3)15-18-14-20(23-2)25-22(24-18)19-11-7-8-12-27(19)21(29)13-17-9-5-4-6-10-17/h14,17,19H,4-13,15H2,1-3H3,(H,23,24,25)/t19-/m1/s1. The number of hydrogen-bond acceptors (Lipinski definition) is 5. The highest BCUT2D eigenvalue weighted by molar-refractivity contribution is 5.77. The summed E-state index contributed by atoms with van der Waals surface area (Å²) in [5, 5.41) is 3.10. The number of nitrogens with one attached hydrogen (secondary N) is 1. The number of carbonyl (C=O) groups excluding carboxylic acids is 2. The molecule has 1 atom stereocenters. The van der Waals surface area contributed by atoms with Gasteiger partial charge in [0.15, 0.2) is 5.82 Å². The maximum absolute atomic E-state index is 13.2. The molecule has 7 heteroatoms. The fraction of sp³-hybridized carbons (Fsp3) is 0.727. The van der Waals surface area contributed by atoms with Gasteiger partial charge in [0, 0.05) is 40.1 Å². The molecule has 0 bridgehead atoms. The normalized spacial score (nSPS) is 20.4. The van der Waals surface area contributed by atoms with E-state index in [0.717, 1.165) is 37.3 Å². The van der Waals surface area contributed by atoms with Gasteiger partial charge in [-0.1, -0.05) is 19.3 Å². The minimum atomic E-state index is -0.0745. The van der Waals surface area contributed by atoms with Gasteiger partial charge in [-0.3, -0.25) is 9.59 Å². The van der Waals surface area contributed by atoms with Crippen LogP contribution in [-0.2, 0) is 16.1 Å². The maximum atomic E-state index is 13.2. The molecular formula is C22H35N5O2. The summed E-state index contributed by atoms with van der Waals surface area (Å²) >= 11 is 0. The van der Waals surface area contributed by atoms with Crippen LogP contribution < -0.4 is 5.32 Å². The molecule has 0 spiro atoms. The van der Waals surface area contributed by atoms with Crippen molar-refractivity contribution in [2.75, 3.05) is 26.0 Å². The van der Waals surface area contributed by atoms with Gasteiger partial charge in [0.2, 0.25) is 11.8 Å². The van der Waals surface area contributed by atoms with Gasteiger partial charge in [-0.25, -0.2) is 9.97 Å². The van der Waals surface area contributed by atoms with Crippen molar-refractivity contribution in [2.45, 2.75) is 77.3 Å². The molecule has 2 heterocycles. The number of likely N-dealkylation sites (tertiary alicyclic amines) is 1. The van der Waals surface area contributed by atoms with Crippen LogP contribution in [0.1, 0.15) is 82.3 Å². The van der Waals surface area contributed by atoms with Gasteiger partial charge in [0.25, 0.3) is 0 Å². The molecule has 2 fully saturated rings. The molecule has 1 N–H and O–H groups in total. The molecule has 0 radical (unpaired) electrons. The summed E-state index contributed by atoms with van der Waals surface area (Å²) in [5.41, 5.74) is 0.794. The first-order valence-electron chi connectivity index (χ1n) is 11.0. The Morgan fingerprint density at radius 1 is 1.14 bits per heavy atom. The summed E-state index contributed by atoms with van der Waals surface area (Å²) in [6, 6.07) is 1.80. The first-order valence-corrected chi connectivity index (χ1v) is 11.0. The highest BCUT2D eigenvalue weighted by Crippen LogP contribution is 2.33. The molecule has 1 saturated carbocycles. The van der Waals surface area contributed by atoms with Crippen LogP contribution in [0.15, 0.2) is 6.07 Å². The fourth-order valence-electron chi connectivity index (χ4n) is 4.48. The third kappa shape index (κ3) is 5.67. The van der Waals surface area contributed by atoms with Crippen LogP contribution in [0.25, 0.3) is 0 Å². The molecule has 0 unspecified atom stereocenters. The van der Waals surface area contributed by atoms with Crippen molar-refractivity contribution in [1.29, 1.82) is 0 Å². The number of carbonyl (C=O) groups is 2. The lowest BCUT2D eigenvalue weighted by Gasteiger charge is -2.36. The molecule has 1 saturated heterocycles. The van der Waals surface area contributed by atoms with Crippen molar-refractivity contribution >= 4 is 17.6 Å². The van der Waals surface area contributed by atoms with Gasteiger partial charge in [-0.15, -0.1) is 0 Å². The summed E-state index contributed by atoms with van der Waals surface area (Å²) in [7, 11) is 3.60. The Hall–Kier alpha value is -2.18. The third-order valence-electron chi connectivity index (χ3n) is 6.30. The second-order valence-corrected chi connectivity index (χ2v) is 8.53. The average molecular weight is 402 g/mol. The molecule has 160 valence electrons. The minimum Gasteiger partial charge on any atom is -0.373 e. The summed E-state index contributed by atoms with van der Waals surface area (Å²) < 4.78 is 0. The van der Waals surface area contributed by atoms with E-state index in [0.29, 0.717) is 24.7 Å². The van der Waals surface area contributed by atoms with Crippen molar-refractivity contribution in [2.24, 2.45) is 5.92 Å². The first-order chi connectivity index (χ1) is 14.0. The average Bonchev–Trinajstić information content (AvgIpc) is 2.74. The lowest BCUT2D eigenvalue weighted by atomic mass is 9.86. The van der Waals surface area contributed by atoms with Gasteiger partial charge in [-0.05, 0) is 38.0 Å². The van der Waals surface area contributed by atoms with Crippen molar-refractivity contribution in [3.63, 3.8) is 0 Å². The fourth-order valence-corrected chi connectivity index (χ4v) is 4.48. The Morgan fingerprint density at radius 2 is 1.86 bits per heavy atom. The number of hydrogen-bond donors (Lipinski definition) is 1. The second kappa shape index (κ2) is 10.0. The molecule has 7 nitrogen and oxygen atoms in total. The van der Waals surface area contributed by atoms with E-state index in [1.807, 2.05) is 18.0 Å². The molecule has 1 aliphatic carbocycles. The summed E-state index contributed by atoms with van der Waals surface area (Å²) in [6.45, 7) is 2.77. The Balaban J connectivity index is 1.79. The van der Waals surface area contributed by atoms with E-state index in [1.54, 1.807) is 18.9 Å². The van der Waals surface area contributed by atoms with Gasteiger partial charge >= 0.3 is 0 Å². The van der Waals surface area contributed by atoms with E-state index in [4.69, 9.17) is 4.98 Å². The SMILES string of the molecule is CNc1cc(CN(C)C(C)=O)nc([C@H]2CCCCN2C(=O)CC2CCCCC2)n1. The van der Waals surface area contributed by atoms with E-state index >= 15 is 0 Å². The van der Waals surface area contributed by atoms with Crippen LogP contribution in [0.2, 0.25) is 0 Å². The second-order valence-electron chi connectivity index (χ2n) is 8.53. The number of anilines is 1. The van der Waals surface area contributed by atoms with Crippen LogP contribution in [0.4, 0.5) is 5.82 Å². The molecule has 2 aliphatic rings. The Morgan fingerprint density at radius 3 is 2.55 bits per heavy atom. The topological polar surface area (TPSA) is 78.4 Å². The lowest BCUT2D eigenvalue weighted by Crippen LogP contribution is -2.40. The zero-order valence-corrected chi connectivity index (χ0v) is 18.1. The van der Waals surface area contributed by atoms with E-state index < -0.39 is 0 Å². The molecule has 1 aliphatic heterocycles. The molecule has 3 rings (SSSR count). The number of nitrogens with zero attached hydrogens (tertiary/aromatic N) is 4. The zero-order valence-electron chi connectivity index (χ0n) is 18.1. The van der Waals surface area contributed by atoms with E-state index in [9.17, 15) is 9.59 Å². The summed E-state index contributed by atoms with van der Waals surface area (Å²) in [4.78, 5) is 37.9. The Labute approximate surface area is 174 Å². The van der Waals surface area contributed by atoms with Crippen LogP contribution in [0.3, 0.4) is 0 Å². The Kier molecular flexibility index (Phi) is 7.45. The number of rotatable bonds is 6. The van der Waals surface area contributed by atoms with Crippen molar-refractivity contribution < 1.29 is 9.59 Å². The minimum absolute atomic E-state index is 0.00174. The van der Waals surface area contributed by atoms with E-state index in [-0.39, 0.29) is 17.9 Å². The lowest BCUT2D eigenvalue weighted by molar-refractivity contribution is -0.136. The molecular weight excluding hydrogens is 366 g/mol. The van der Waals surface area contributed by atoms with E-state index in [1.165, 1.54) is 32.1 Å². The number of piperidine rings is 1. The quantitative estimate of drug-likeness (QED) is 0.789. The van der Waals surface area contributed by atoms with Crippen molar-refractivity contribution in [1.82, 2.24) is 19.8 Å². The van der Waals surface area contributed by atoms with E-state index in [2.05, 4.69) is 10.3 Å². The number of amides is 2. The van der Waals surface area contributed by atoms with Crippen LogP contribution in [0, 0.1) is 5.92 Å². The Bertz CT molecular complexity index is 717. The predicted octanol–water partition coefficient (Wildman–Crippen LogP) is 3.52. The first kappa shape index (κ1) is 21.5. The maximum Gasteiger partial charge on any atom is 0.223 e. The van der Waals surface area contributed by atoms with Crippen LogP contribution >= 0.6 is 0 Å². The third-order valence-corrected chi connectivity index (χ3v) is 6.30. The zero-order chi connectivity index (χ0) is 20.8. The highest BCUT2D eigenvalue weighted by atomic mass is 16.2. The molecule has 1 aromatic heterocycles. The van der Waals surface area contributed by atoms with Crippen molar-refractivity contribution in [3.8, 4) is 0 Å².